The first-order chi connectivity index (χ1) is 31.2. The lowest BCUT2D eigenvalue weighted by molar-refractivity contribution is 0.626. The third kappa shape index (κ3) is 4.90. The molecule has 63 heavy (non-hydrogen) atoms. The fraction of sp³-hybridized carbons (Fsp3) is 0.0339. The molecule has 4 heteroatoms. The van der Waals surface area contributed by atoms with Gasteiger partial charge in [-0.15, -0.1) is 0 Å². The maximum absolute atomic E-state index is 5.25. The van der Waals surface area contributed by atoms with Gasteiger partial charge in [0.2, 0.25) is 0 Å². The van der Waals surface area contributed by atoms with E-state index in [1.54, 1.807) is 11.8 Å². The average molecular weight is 820 g/mol. The highest BCUT2D eigenvalue weighted by Gasteiger charge is 2.59. The molecular formula is C59H37N3S. The minimum absolute atomic E-state index is 0.544. The Morgan fingerprint density at radius 3 is 1.38 bits per heavy atom. The highest BCUT2D eigenvalue weighted by atomic mass is 32.2. The SMILES string of the molecule is C=C1/C=C\C=C/Sc2c1ccc1c2C2(c3cc(-c4nc(-c5ccccc5)nc(-c5ccccc5)n4)ccc3-1)c1ccccc1C1(c3ccccc3-c3ccccc31)c1ccccc12. The zero-order valence-electron chi connectivity index (χ0n) is 34.2. The number of allylic oxidation sites excluding steroid dienone is 4. The second kappa shape index (κ2) is 13.7. The molecule has 13 rings (SSSR count). The first-order valence-electron chi connectivity index (χ1n) is 21.5. The molecule has 1 aliphatic heterocycles. The van der Waals surface area contributed by atoms with E-state index >= 15 is 0 Å². The van der Waals surface area contributed by atoms with Crippen LogP contribution in [0.3, 0.4) is 0 Å². The molecule has 0 fully saturated rings. The number of rotatable bonds is 3. The van der Waals surface area contributed by atoms with Crippen LogP contribution in [0.25, 0.3) is 62.0 Å². The van der Waals surface area contributed by atoms with Gasteiger partial charge >= 0.3 is 0 Å². The molecule has 0 saturated heterocycles. The minimum Gasteiger partial charge on any atom is -0.208 e. The molecule has 0 bridgehead atoms. The van der Waals surface area contributed by atoms with Crippen molar-refractivity contribution in [1.82, 2.24) is 15.0 Å². The molecule has 294 valence electrons. The number of hydrogen-bond donors (Lipinski definition) is 0. The lowest BCUT2D eigenvalue weighted by Crippen LogP contribution is -2.44. The Hall–Kier alpha value is -7.66. The molecule has 0 saturated carbocycles. The van der Waals surface area contributed by atoms with Crippen LogP contribution in [0, 0.1) is 0 Å². The Balaban J connectivity index is 1.16. The molecule has 2 heterocycles. The smallest absolute Gasteiger partial charge is 0.164 e. The second-order valence-electron chi connectivity index (χ2n) is 16.7. The van der Waals surface area contributed by atoms with Crippen molar-refractivity contribution in [2.45, 2.75) is 15.7 Å². The van der Waals surface area contributed by atoms with E-state index in [1.165, 1.54) is 71.7 Å². The monoisotopic (exact) mass is 819 g/mol. The zero-order chi connectivity index (χ0) is 41.7. The van der Waals surface area contributed by atoms with Crippen molar-refractivity contribution < 1.29 is 0 Å². The van der Waals surface area contributed by atoms with Gasteiger partial charge in [0.1, 0.15) is 0 Å². The Morgan fingerprint density at radius 1 is 0.365 bits per heavy atom. The van der Waals surface area contributed by atoms with Gasteiger partial charge in [0.15, 0.2) is 17.5 Å². The summed E-state index contributed by atoms with van der Waals surface area (Å²) in [6.07, 6.45) is 6.35. The summed E-state index contributed by atoms with van der Waals surface area (Å²) < 4.78 is 0. The van der Waals surface area contributed by atoms with E-state index in [1.807, 2.05) is 36.4 Å². The summed E-state index contributed by atoms with van der Waals surface area (Å²) in [4.78, 5) is 16.8. The third-order valence-corrected chi connectivity index (χ3v) is 14.6. The van der Waals surface area contributed by atoms with Gasteiger partial charge in [0.25, 0.3) is 0 Å². The summed E-state index contributed by atoms with van der Waals surface area (Å²) in [7, 11) is 0. The van der Waals surface area contributed by atoms with E-state index in [2.05, 4.69) is 182 Å². The molecule has 0 N–H and O–H groups in total. The molecule has 8 aromatic carbocycles. The Bertz CT molecular complexity index is 3300. The van der Waals surface area contributed by atoms with E-state index in [4.69, 9.17) is 15.0 Å². The van der Waals surface area contributed by atoms with E-state index in [0.717, 1.165) is 27.8 Å². The van der Waals surface area contributed by atoms with Crippen LogP contribution in [-0.2, 0) is 10.8 Å². The van der Waals surface area contributed by atoms with E-state index in [-0.39, 0.29) is 0 Å². The van der Waals surface area contributed by atoms with Crippen molar-refractivity contribution in [1.29, 1.82) is 0 Å². The first-order valence-corrected chi connectivity index (χ1v) is 22.3. The minimum atomic E-state index is -0.724. The normalized spacial score (nSPS) is 16.1. The van der Waals surface area contributed by atoms with Gasteiger partial charge in [-0.3, -0.25) is 0 Å². The lowest BCUT2D eigenvalue weighted by Gasteiger charge is -2.49. The van der Waals surface area contributed by atoms with Crippen LogP contribution in [-0.4, -0.2) is 15.0 Å². The maximum Gasteiger partial charge on any atom is 0.164 e. The number of fused-ring (bicyclic) bond motifs is 18. The van der Waals surface area contributed by atoms with Crippen molar-refractivity contribution in [2.75, 3.05) is 0 Å². The standard InChI is InChI=1S/C59H37N3S/c1-37-18-16-17-35-63-54-41(37)33-34-45-44-32-31-40(57-61-55(38-19-4-2-5-20-38)60-56(62-57)39-21-6-3-7-22-39)36-52(44)59(53(45)54)50-29-14-12-27-48(50)58(49-28-13-15-30-51(49)59)46-25-10-8-23-42(46)43-24-9-11-26-47(43)58/h2-36H,1H2/b18-16-,35-17-. The summed E-state index contributed by atoms with van der Waals surface area (Å²) in [6, 6.07) is 68.6. The number of hydrogen-bond acceptors (Lipinski definition) is 4. The molecule has 1 aromatic heterocycles. The largest absolute Gasteiger partial charge is 0.208 e. The topological polar surface area (TPSA) is 38.7 Å². The second-order valence-corrected chi connectivity index (χ2v) is 17.6. The van der Waals surface area contributed by atoms with Gasteiger partial charge in [0.05, 0.1) is 10.8 Å². The number of benzene rings is 8. The van der Waals surface area contributed by atoms with Crippen LogP contribution in [0.4, 0.5) is 0 Å². The third-order valence-electron chi connectivity index (χ3n) is 13.6. The number of thioether (sulfide) groups is 1. The molecule has 9 aromatic rings. The number of nitrogens with zero attached hydrogens (tertiary/aromatic N) is 3. The Labute approximate surface area is 370 Å². The summed E-state index contributed by atoms with van der Waals surface area (Å²) in [5.74, 6) is 1.92. The van der Waals surface area contributed by atoms with Gasteiger partial charge < -0.3 is 0 Å². The molecule has 0 atom stereocenters. The van der Waals surface area contributed by atoms with Gasteiger partial charge in [-0.05, 0) is 89.4 Å². The number of aromatic nitrogens is 3. The van der Waals surface area contributed by atoms with Gasteiger partial charge in [-0.25, -0.2) is 15.0 Å². The molecule has 3 nitrogen and oxygen atoms in total. The summed E-state index contributed by atoms with van der Waals surface area (Å²) >= 11 is 1.79. The fourth-order valence-electron chi connectivity index (χ4n) is 11.2. The molecular weight excluding hydrogens is 783 g/mol. The first kappa shape index (κ1) is 36.0. The molecule has 0 amide bonds. The van der Waals surface area contributed by atoms with Crippen LogP contribution in [0.2, 0.25) is 0 Å². The Kier molecular flexibility index (Phi) is 7.82. The predicted molar refractivity (Wildman–Crippen MR) is 257 cm³/mol. The Morgan fingerprint density at radius 2 is 0.810 bits per heavy atom. The predicted octanol–water partition coefficient (Wildman–Crippen LogP) is 14.1. The van der Waals surface area contributed by atoms with Crippen molar-refractivity contribution in [3.63, 3.8) is 0 Å². The molecule has 3 aliphatic carbocycles. The molecule has 0 radical (unpaired) electrons. The van der Waals surface area contributed by atoms with Crippen molar-refractivity contribution in [3.05, 3.63) is 268 Å². The van der Waals surface area contributed by atoms with E-state index < -0.39 is 10.8 Å². The van der Waals surface area contributed by atoms with Crippen molar-refractivity contribution >= 4 is 17.3 Å². The quantitative estimate of drug-likeness (QED) is 0.178. The van der Waals surface area contributed by atoms with Gasteiger partial charge in [0, 0.05) is 21.6 Å². The lowest BCUT2D eigenvalue weighted by atomic mass is 9.52. The summed E-state index contributed by atoms with van der Waals surface area (Å²) in [6.45, 7) is 4.63. The van der Waals surface area contributed by atoms with Gasteiger partial charge in [-0.1, -0.05) is 219 Å². The van der Waals surface area contributed by atoms with Crippen LogP contribution >= 0.6 is 11.8 Å². The van der Waals surface area contributed by atoms with Crippen LogP contribution in [0.15, 0.2) is 223 Å². The molecule has 2 spiro atoms. The van der Waals surface area contributed by atoms with Gasteiger partial charge in [-0.2, -0.15) is 0 Å². The van der Waals surface area contributed by atoms with Crippen LogP contribution in [0.5, 0.6) is 0 Å². The van der Waals surface area contributed by atoms with E-state index in [9.17, 15) is 0 Å². The maximum atomic E-state index is 5.25. The van der Waals surface area contributed by atoms with E-state index in [0.29, 0.717) is 17.5 Å². The average Bonchev–Trinajstić information content (AvgIpc) is 3.81. The molecule has 0 unspecified atom stereocenters. The summed E-state index contributed by atoms with van der Waals surface area (Å²) in [5, 5.41) is 2.22. The van der Waals surface area contributed by atoms with Crippen molar-refractivity contribution in [3.8, 4) is 56.4 Å². The van der Waals surface area contributed by atoms with Crippen molar-refractivity contribution in [2.24, 2.45) is 0 Å². The van der Waals surface area contributed by atoms with Crippen LogP contribution < -0.4 is 0 Å². The van der Waals surface area contributed by atoms with Crippen LogP contribution in [0.1, 0.15) is 50.1 Å². The highest BCUT2D eigenvalue weighted by molar-refractivity contribution is 8.02. The highest BCUT2D eigenvalue weighted by Crippen LogP contribution is 2.69. The fourth-order valence-corrected chi connectivity index (χ4v) is 12.2. The molecule has 4 aliphatic rings. The zero-order valence-corrected chi connectivity index (χ0v) is 35.0. The summed E-state index contributed by atoms with van der Waals surface area (Å²) in [5.41, 5.74) is 19.0.